The number of hydrogen-bond donors (Lipinski definition) is 3. The van der Waals surface area contributed by atoms with Crippen molar-refractivity contribution < 1.29 is 19.8 Å². The number of aliphatic hydroxyl groups excluding tert-OH is 1. The van der Waals surface area contributed by atoms with Gasteiger partial charge in [-0.15, -0.1) is 0 Å². The van der Waals surface area contributed by atoms with Crippen LogP contribution in [0.2, 0.25) is 0 Å². The second-order valence-corrected chi connectivity index (χ2v) is 4.29. The second kappa shape index (κ2) is 6.20. The van der Waals surface area contributed by atoms with Gasteiger partial charge in [-0.3, -0.25) is 4.79 Å². The Morgan fingerprint density at radius 1 is 1.44 bits per heavy atom. The van der Waals surface area contributed by atoms with E-state index in [2.05, 4.69) is 5.32 Å². The molecule has 0 radical (unpaired) electrons. The summed E-state index contributed by atoms with van der Waals surface area (Å²) >= 11 is 0. The smallest absolute Gasteiger partial charge is 0.332 e. The van der Waals surface area contributed by atoms with E-state index < -0.39 is 12.1 Å². The second-order valence-electron chi connectivity index (χ2n) is 4.29. The van der Waals surface area contributed by atoms with Crippen molar-refractivity contribution in [1.29, 1.82) is 0 Å². The van der Waals surface area contributed by atoms with Gasteiger partial charge in [0.05, 0.1) is 0 Å². The van der Waals surface area contributed by atoms with E-state index in [1.807, 2.05) is 24.6 Å². The molecule has 1 atom stereocenters. The molecule has 0 saturated heterocycles. The van der Waals surface area contributed by atoms with E-state index in [1.165, 1.54) is 0 Å². The zero-order valence-electron chi connectivity index (χ0n) is 10.5. The predicted molar refractivity (Wildman–Crippen MR) is 65.4 cm³/mol. The Balaban J connectivity index is 2.51. The van der Waals surface area contributed by atoms with Crippen molar-refractivity contribution in [2.45, 2.75) is 32.4 Å². The number of carboxylic acid groups (broad SMARTS) is 1. The Morgan fingerprint density at radius 3 is 2.67 bits per heavy atom. The van der Waals surface area contributed by atoms with Gasteiger partial charge in [-0.1, -0.05) is 0 Å². The van der Waals surface area contributed by atoms with E-state index in [9.17, 15) is 9.59 Å². The predicted octanol–water partition coefficient (Wildman–Crippen LogP) is 0.634. The van der Waals surface area contributed by atoms with E-state index in [0.29, 0.717) is 5.69 Å². The molecule has 1 rings (SSSR count). The molecule has 0 fully saturated rings. The van der Waals surface area contributed by atoms with Crippen LogP contribution >= 0.6 is 0 Å². The van der Waals surface area contributed by atoms with E-state index in [4.69, 9.17) is 10.2 Å². The Kier molecular flexibility index (Phi) is 4.91. The van der Waals surface area contributed by atoms with Crippen molar-refractivity contribution in [3.8, 4) is 0 Å². The molecule has 0 aliphatic rings. The highest BCUT2D eigenvalue weighted by molar-refractivity contribution is 5.92. The van der Waals surface area contributed by atoms with Crippen LogP contribution in [0.5, 0.6) is 0 Å². The highest BCUT2D eigenvalue weighted by atomic mass is 16.4. The minimum atomic E-state index is -1.44. The first-order chi connectivity index (χ1) is 8.43. The summed E-state index contributed by atoms with van der Waals surface area (Å²) in [6.07, 6.45) is 0.358. The van der Waals surface area contributed by atoms with Crippen LogP contribution in [0.3, 0.4) is 0 Å². The van der Waals surface area contributed by atoms with Gasteiger partial charge in [-0.25, -0.2) is 4.79 Å². The highest BCUT2D eigenvalue weighted by Gasteiger charge is 2.15. The largest absolute Gasteiger partial charge is 0.479 e. The van der Waals surface area contributed by atoms with Crippen LogP contribution in [-0.2, 0) is 4.79 Å². The van der Waals surface area contributed by atoms with Gasteiger partial charge >= 0.3 is 5.97 Å². The van der Waals surface area contributed by atoms with Crippen LogP contribution in [0, 0.1) is 0 Å². The lowest BCUT2D eigenvalue weighted by Gasteiger charge is -2.13. The van der Waals surface area contributed by atoms with Crippen molar-refractivity contribution in [1.82, 2.24) is 9.88 Å². The molecule has 0 spiro atoms. The monoisotopic (exact) mass is 254 g/mol. The standard InChI is InChI=1S/C12H18N2O4/c1-8(2)14-7-3-4-9(14)11(16)13-6-5-10(15)12(17)18/h3-4,7-8,10,15H,5-6H2,1-2H3,(H,13,16)(H,17,18)/t10-/m0/s1. The molecule has 0 aliphatic heterocycles. The number of carboxylic acids is 1. The molecule has 100 valence electrons. The molecule has 0 saturated carbocycles. The van der Waals surface area contributed by atoms with Crippen LogP contribution < -0.4 is 5.32 Å². The number of rotatable bonds is 6. The summed E-state index contributed by atoms with van der Waals surface area (Å²) in [4.78, 5) is 22.2. The topological polar surface area (TPSA) is 91.6 Å². The molecular weight excluding hydrogens is 236 g/mol. The zero-order chi connectivity index (χ0) is 13.7. The van der Waals surface area contributed by atoms with Crippen LogP contribution in [0.4, 0.5) is 0 Å². The summed E-state index contributed by atoms with van der Waals surface area (Å²) in [7, 11) is 0. The lowest BCUT2D eigenvalue weighted by molar-refractivity contribution is -0.146. The first-order valence-corrected chi connectivity index (χ1v) is 5.79. The molecule has 18 heavy (non-hydrogen) atoms. The van der Waals surface area contributed by atoms with Crippen molar-refractivity contribution in [3.63, 3.8) is 0 Å². The molecular formula is C12H18N2O4. The van der Waals surface area contributed by atoms with E-state index in [0.717, 1.165) is 0 Å². The van der Waals surface area contributed by atoms with Gasteiger partial charge in [0.2, 0.25) is 0 Å². The van der Waals surface area contributed by atoms with Crippen LogP contribution in [0.1, 0.15) is 36.8 Å². The molecule has 1 aromatic rings. The third kappa shape index (κ3) is 3.59. The van der Waals surface area contributed by atoms with E-state index >= 15 is 0 Å². The lowest BCUT2D eigenvalue weighted by atomic mass is 10.2. The third-order valence-electron chi connectivity index (χ3n) is 2.56. The minimum Gasteiger partial charge on any atom is -0.479 e. The highest BCUT2D eigenvalue weighted by Crippen LogP contribution is 2.10. The fourth-order valence-corrected chi connectivity index (χ4v) is 1.57. The molecule has 6 heteroatoms. The number of aliphatic hydroxyl groups is 1. The van der Waals surface area contributed by atoms with E-state index in [-0.39, 0.29) is 24.9 Å². The van der Waals surface area contributed by atoms with Crippen LogP contribution in [0.25, 0.3) is 0 Å². The number of amides is 1. The quantitative estimate of drug-likeness (QED) is 0.694. The van der Waals surface area contributed by atoms with Crippen molar-refractivity contribution >= 4 is 11.9 Å². The van der Waals surface area contributed by atoms with Gasteiger partial charge in [0.1, 0.15) is 5.69 Å². The number of nitrogens with one attached hydrogen (secondary N) is 1. The summed E-state index contributed by atoms with van der Waals surface area (Å²) < 4.78 is 1.82. The fourth-order valence-electron chi connectivity index (χ4n) is 1.57. The van der Waals surface area contributed by atoms with Crippen molar-refractivity contribution in [3.05, 3.63) is 24.0 Å². The minimum absolute atomic E-state index is 0.0105. The number of aliphatic carboxylic acids is 1. The van der Waals surface area contributed by atoms with Gasteiger partial charge in [0.25, 0.3) is 5.91 Å². The average molecular weight is 254 g/mol. The number of carbonyl (C=O) groups excluding carboxylic acids is 1. The summed E-state index contributed by atoms with van der Waals surface area (Å²) in [6, 6.07) is 3.65. The number of carbonyl (C=O) groups is 2. The molecule has 0 unspecified atom stereocenters. The Morgan fingerprint density at radius 2 is 2.11 bits per heavy atom. The molecule has 0 bridgehead atoms. The SMILES string of the molecule is CC(C)n1cccc1C(=O)NCC[C@H](O)C(=O)O. The van der Waals surface area contributed by atoms with Crippen molar-refractivity contribution in [2.24, 2.45) is 0 Å². The molecule has 3 N–H and O–H groups in total. The number of nitrogens with zero attached hydrogens (tertiary/aromatic N) is 1. The molecule has 6 nitrogen and oxygen atoms in total. The lowest BCUT2D eigenvalue weighted by Crippen LogP contribution is -2.31. The average Bonchev–Trinajstić information content (AvgIpc) is 2.77. The maximum Gasteiger partial charge on any atom is 0.332 e. The van der Waals surface area contributed by atoms with Crippen LogP contribution in [0.15, 0.2) is 18.3 Å². The summed E-state index contributed by atoms with van der Waals surface area (Å²) in [5.41, 5.74) is 0.523. The zero-order valence-corrected chi connectivity index (χ0v) is 10.5. The van der Waals surface area contributed by atoms with Crippen LogP contribution in [-0.4, -0.2) is 39.3 Å². The summed E-state index contributed by atoms with van der Waals surface area (Å²) in [6.45, 7) is 4.05. The molecule has 1 aromatic heterocycles. The number of aromatic nitrogens is 1. The van der Waals surface area contributed by atoms with Gasteiger partial charge in [0, 0.05) is 25.2 Å². The molecule has 0 aromatic carbocycles. The summed E-state index contributed by atoms with van der Waals surface area (Å²) in [5.74, 6) is -1.55. The first kappa shape index (κ1) is 14.2. The Bertz CT molecular complexity index is 425. The van der Waals surface area contributed by atoms with E-state index in [1.54, 1.807) is 12.1 Å². The third-order valence-corrected chi connectivity index (χ3v) is 2.56. The molecule has 1 amide bonds. The Labute approximate surface area is 105 Å². The van der Waals surface area contributed by atoms with Gasteiger partial charge in [-0.2, -0.15) is 0 Å². The first-order valence-electron chi connectivity index (χ1n) is 5.79. The van der Waals surface area contributed by atoms with Gasteiger partial charge in [0.15, 0.2) is 6.10 Å². The van der Waals surface area contributed by atoms with Gasteiger partial charge < -0.3 is 20.1 Å². The Hall–Kier alpha value is -1.82. The number of hydrogen-bond acceptors (Lipinski definition) is 3. The molecule has 1 heterocycles. The fraction of sp³-hybridized carbons (Fsp3) is 0.500. The maximum atomic E-state index is 11.8. The normalized spacial score (nSPS) is 12.4. The van der Waals surface area contributed by atoms with Crippen molar-refractivity contribution in [2.75, 3.05) is 6.54 Å². The maximum absolute atomic E-state index is 11.8. The van der Waals surface area contributed by atoms with Gasteiger partial charge in [-0.05, 0) is 26.0 Å². The molecule has 0 aliphatic carbocycles. The summed E-state index contributed by atoms with van der Waals surface area (Å²) in [5, 5.41) is 20.1.